The average molecular weight is 396 g/mol. The van der Waals surface area contributed by atoms with E-state index >= 15 is 0 Å². The van der Waals surface area contributed by atoms with Crippen LogP contribution in [0.15, 0.2) is 10.6 Å². The predicted octanol–water partition coefficient (Wildman–Crippen LogP) is 2.40. The third-order valence-electron chi connectivity index (χ3n) is 3.43. The second kappa shape index (κ2) is 9.17. The summed E-state index contributed by atoms with van der Waals surface area (Å²) >= 11 is 1.25. The number of hydrogen-bond donors (Lipinski definition) is 1. The number of aryl methyl sites for hydroxylation is 2. The molecule has 0 saturated carbocycles. The molecule has 10 heteroatoms. The molecule has 27 heavy (non-hydrogen) atoms. The molecular weight excluding hydrogens is 376 g/mol. The lowest BCUT2D eigenvalue weighted by atomic mass is 10.1. The van der Waals surface area contributed by atoms with Crippen molar-refractivity contribution >= 4 is 34.2 Å². The maximum atomic E-state index is 12.1. The Morgan fingerprint density at radius 2 is 1.93 bits per heavy atom. The summed E-state index contributed by atoms with van der Waals surface area (Å²) in [7, 11) is 0. The van der Waals surface area contributed by atoms with E-state index in [0.29, 0.717) is 16.3 Å². The summed E-state index contributed by atoms with van der Waals surface area (Å²) in [6.07, 6.45) is 0. The molecule has 0 aliphatic rings. The summed E-state index contributed by atoms with van der Waals surface area (Å²) in [4.78, 5) is 36.7. The van der Waals surface area contributed by atoms with Crippen LogP contribution in [0.3, 0.4) is 0 Å². The number of amides is 1. The van der Waals surface area contributed by atoms with Gasteiger partial charge >= 0.3 is 11.9 Å². The van der Waals surface area contributed by atoms with E-state index in [0.717, 1.165) is 10.4 Å². The van der Waals surface area contributed by atoms with E-state index in [1.807, 2.05) is 6.92 Å². The topological polar surface area (TPSA) is 117 Å². The quantitative estimate of drug-likeness (QED) is 0.676. The van der Waals surface area contributed by atoms with E-state index in [9.17, 15) is 14.4 Å². The van der Waals surface area contributed by atoms with Gasteiger partial charge in [0.15, 0.2) is 13.2 Å². The molecule has 0 spiro atoms. The molecule has 0 aliphatic carbocycles. The van der Waals surface area contributed by atoms with Crippen LogP contribution in [-0.4, -0.2) is 42.8 Å². The number of hydrogen-bond acceptors (Lipinski definition) is 9. The van der Waals surface area contributed by atoms with Crippen molar-refractivity contribution in [3.05, 3.63) is 27.8 Å². The summed E-state index contributed by atoms with van der Waals surface area (Å²) in [6.45, 7) is 6.29. The van der Waals surface area contributed by atoms with Crippen LogP contribution < -0.4 is 10.1 Å². The highest BCUT2D eigenvalue weighted by Crippen LogP contribution is 2.33. The van der Waals surface area contributed by atoms with Gasteiger partial charge in [-0.1, -0.05) is 0 Å². The Balaban J connectivity index is 1.87. The first-order chi connectivity index (χ1) is 12.8. The first-order valence-electron chi connectivity index (χ1n) is 8.10. The van der Waals surface area contributed by atoms with Crippen LogP contribution in [0.25, 0.3) is 0 Å². The Labute approximate surface area is 159 Å². The Bertz CT molecular complexity index is 840. The van der Waals surface area contributed by atoms with Crippen LogP contribution in [-0.2, 0) is 19.1 Å². The average Bonchev–Trinajstić information content (AvgIpc) is 3.14. The zero-order valence-corrected chi connectivity index (χ0v) is 16.2. The molecule has 2 aromatic rings. The van der Waals surface area contributed by atoms with Crippen LogP contribution in [0.1, 0.15) is 33.5 Å². The Morgan fingerprint density at radius 1 is 1.19 bits per heavy atom. The van der Waals surface area contributed by atoms with Gasteiger partial charge in [-0.05, 0) is 38.4 Å². The maximum Gasteiger partial charge on any atom is 0.344 e. The zero-order valence-electron chi connectivity index (χ0n) is 15.4. The summed E-state index contributed by atoms with van der Waals surface area (Å²) in [5.41, 5.74) is 1.05. The van der Waals surface area contributed by atoms with Gasteiger partial charge in [0.1, 0.15) is 10.8 Å². The molecule has 2 rings (SSSR count). The molecular formula is C17H20N2O7S. The van der Waals surface area contributed by atoms with Crippen molar-refractivity contribution in [2.24, 2.45) is 0 Å². The van der Waals surface area contributed by atoms with Gasteiger partial charge < -0.3 is 24.1 Å². The first-order valence-corrected chi connectivity index (χ1v) is 8.92. The fraction of sp³-hybridized carbons (Fsp3) is 0.412. The van der Waals surface area contributed by atoms with Crippen molar-refractivity contribution in [2.75, 3.05) is 25.1 Å². The molecule has 0 radical (unpaired) electrons. The lowest BCUT2D eigenvalue weighted by Crippen LogP contribution is -2.24. The minimum absolute atomic E-state index is 0.150. The third kappa shape index (κ3) is 5.55. The lowest BCUT2D eigenvalue weighted by molar-refractivity contribution is -0.149. The first kappa shape index (κ1) is 20.4. The molecule has 0 fully saturated rings. The van der Waals surface area contributed by atoms with Gasteiger partial charge in [-0.15, -0.1) is 11.3 Å². The molecule has 2 aromatic heterocycles. The van der Waals surface area contributed by atoms with E-state index in [4.69, 9.17) is 18.7 Å². The third-order valence-corrected chi connectivity index (χ3v) is 4.55. The van der Waals surface area contributed by atoms with Crippen molar-refractivity contribution in [2.45, 2.75) is 27.7 Å². The molecule has 1 amide bonds. The number of nitrogens with zero attached hydrogens (tertiary/aromatic N) is 1. The minimum atomic E-state index is -0.741. The van der Waals surface area contributed by atoms with E-state index < -0.39 is 31.1 Å². The molecule has 0 bridgehead atoms. The summed E-state index contributed by atoms with van der Waals surface area (Å²) in [6, 6.07) is 1.51. The number of thiophene rings is 1. The number of esters is 2. The number of nitrogens with one attached hydrogen (secondary N) is 1. The molecule has 0 aromatic carbocycles. The fourth-order valence-corrected chi connectivity index (χ4v) is 3.12. The molecule has 146 valence electrons. The number of carbonyl (C=O) groups excluding carboxylic acids is 3. The molecule has 0 unspecified atom stereocenters. The van der Waals surface area contributed by atoms with E-state index in [1.54, 1.807) is 20.8 Å². The fourth-order valence-electron chi connectivity index (χ4n) is 2.06. The second-order valence-corrected chi connectivity index (χ2v) is 6.71. The normalized spacial score (nSPS) is 10.4. The van der Waals surface area contributed by atoms with Gasteiger partial charge in [0, 0.05) is 10.9 Å². The van der Waals surface area contributed by atoms with Crippen LogP contribution in [0.5, 0.6) is 5.88 Å². The van der Waals surface area contributed by atoms with Crippen molar-refractivity contribution in [3.63, 3.8) is 0 Å². The van der Waals surface area contributed by atoms with Crippen molar-refractivity contribution in [3.8, 4) is 5.88 Å². The largest absolute Gasteiger partial charge is 0.463 e. The molecule has 0 saturated heterocycles. The second-order valence-electron chi connectivity index (χ2n) is 5.48. The summed E-state index contributed by atoms with van der Waals surface area (Å²) < 4.78 is 19.7. The SMILES string of the molecule is CCOC(=O)c1c(NC(=O)COC(=O)COc2cc(C)on2)sc(C)c1C. The smallest absolute Gasteiger partial charge is 0.344 e. The highest BCUT2D eigenvalue weighted by molar-refractivity contribution is 7.16. The van der Waals surface area contributed by atoms with Gasteiger partial charge in [0.05, 0.1) is 12.2 Å². The Kier molecular flexibility index (Phi) is 6.94. The highest BCUT2D eigenvalue weighted by atomic mass is 32.1. The number of ether oxygens (including phenoxy) is 3. The summed E-state index contributed by atoms with van der Waals surface area (Å²) in [5, 5.41) is 6.50. The molecule has 2 heterocycles. The number of rotatable bonds is 8. The molecule has 1 N–H and O–H groups in total. The van der Waals surface area contributed by atoms with Gasteiger partial charge in [0.25, 0.3) is 11.8 Å². The van der Waals surface area contributed by atoms with Gasteiger partial charge in [0.2, 0.25) is 0 Å². The minimum Gasteiger partial charge on any atom is -0.463 e. The standard InChI is InChI=1S/C17H20N2O7S/c1-5-23-17(22)15-10(3)11(4)27-16(15)18-12(20)7-25-14(21)8-24-13-6-9(2)26-19-13/h6H,5,7-8H2,1-4H3,(H,18,20). The summed E-state index contributed by atoms with van der Waals surface area (Å²) in [5.74, 6) is -1.14. The Hall–Kier alpha value is -2.88. The molecule has 0 atom stereocenters. The van der Waals surface area contributed by atoms with Crippen molar-refractivity contribution in [1.82, 2.24) is 5.16 Å². The van der Waals surface area contributed by atoms with Gasteiger partial charge in [-0.3, -0.25) is 4.79 Å². The maximum absolute atomic E-state index is 12.1. The number of aromatic nitrogens is 1. The van der Waals surface area contributed by atoms with Crippen molar-refractivity contribution < 1.29 is 33.1 Å². The van der Waals surface area contributed by atoms with E-state index in [2.05, 4.69) is 10.5 Å². The van der Waals surface area contributed by atoms with Crippen LogP contribution in [0.4, 0.5) is 5.00 Å². The molecule has 0 aliphatic heterocycles. The van der Waals surface area contributed by atoms with Gasteiger partial charge in [-0.25, -0.2) is 9.59 Å². The van der Waals surface area contributed by atoms with Crippen molar-refractivity contribution in [1.29, 1.82) is 0 Å². The lowest BCUT2D eigenvalue weighted by Gasteiger charge is -2.08. The Morgan fingerprint density at radius 3 is 2.56 bits per heavy atom. The zero-order chi connectivity index (χ0) is 20.0. The van der Waals surface area contributed by atoms with E-state index in [-0.39, 0.29) is 12.5 Å². The highest BCUT2D eigenvalue weighted by Gasteiger charge is 2.22. The number of anilines is 1. The monoisotopic (exact) mass is 396 g/mol. The van der Waals surface area contributed by atoms with Crippen LogP contribution in [0, 0.1) is 20.8 Å². The predicted molar refractivity (Wildman–Crippen MR) is 96.1 cm³/mol. The van der Waals surface area contributed by atoms with Crippen LogP contribution in [0.2, 0.25) is 0 Å². The molecule has 9 nitrogen and oxygen atoms in total. The van der Waals surface area contributed by atoms with Gasteiger partial charge in [-0.2, -0.15) is 0 Å². The number of carbonyl (C=O) groups is 3. The van der Waals surface area contributed by atoms with E-state index in [1.165, 1.54) is 17.4 Å². The van der Waals surface area contributed by atoms with Crippen LogP contribution >= 0.6 is 11.3 Å².